The predicted octanol–water partition coefficient (Wildman–Crippen LogP) is 12.4. The third-order valence-corrected chi connectivity index (χ3v) is 18.4. The van der Waals surface area contributed by atoms with E-state index in [1.807, 2.05) is 80.8 Å². The number of imidazole rings is 1. The number of quaternary nitrogens is 5. The Kier molecular flexibility index (Phi) is 42.8. The van der Waals surface area contributed by atoms with Gasteiger partial charge in [0, 0.05) is 43.5 Å². The van der Waals surface area contributed by atoms with Gasteiger partial charge in [0.1, 0.15) is 69.8 Å². The highest BCUT2D eigenvalue weighted by molar-refractivity contribution is 6.04. The summed E-state index contributed by atoms with van der Waals surface area (Å²) in [7, 11) is 21.2. The smallest absolute Gasteiger partial charge is 0.428 e. The molecule has 7 rings (SSSR count). The summed E-state index contributed by atoms with van der Waals surface area (Å²) in [5.41, 5.74) is 1.87. The minimum Gasteiger partial charge on any atom is -0.428 e. The molecule has 3 aliphatic heterocycles. The van der Waals surface area contributed by atoms with Crippen molar-refractivity contribution in [2.45, 2.75) is 157 Å². The molecule has 4 aromatic rings. The number of likely N-dealkylation sites (N-methyl/N-ethyl adjacent to an activating group) is 2. The molecule has 0 atom stereocenters. The molecule has 3 fully saturated rings. The Morgan fingerprint density at radius 2 is 1.02 bits per heavy atom. The maximum atomic E-state index is 12.6. The Bertz CT molecular complexity index is 2830. The number of amides is 4. The molecule has 21 heteroatoms. The van der Waals surface area contributed by atoms with Gasteiger partial charge in [0.15, 0.2) is 0 Å². The summed E-state index contributed by atoms with van der Waals surface area (Å²) in [6.07, 6.45) is 19.8. The van der Waals surface area contributed by atoms with Crippen molar-refractivity contribution in [2.24, 2.45) is 7.05 Å². The van der Waals surface area contributed by atoms with Gasteiger partial charge < -0.3 is 46.1 Å². The summed E-state index contributed by atoms with van der Waals surface area (Å²) in [6, 6.07) is 25.3. The molecule has 99 heavy (non-hydrogen) atoms. The van der Waals surface area contributed by atoms with Gasteiger partial charge in [-0.3, -0.25) is 29.0 Å². The third-order valence-electron chi connectivity index (χ3n) is 18.4. The van der Waals surface area contributed by atoms with Gasteiger partial charge in [0.05, 0.1) is 129 Å². The fourth-order valence-corrected chi connectivity index (χ4v) is 10.5. The first-order valence-electron chi connectivity index (χ1n) is 36.8. The van der Waals surface area contributed by atoms with Crippen molar-refractivity contribution in [3.8, 4) is 11.5 Å². The van der Waals surface area contributed by atoms with Gasteiger partial charge in [-0.25, -0.2) is 19.0 Å². The summed E-state index contributed by atoms with van der Waals surface area (Å²) >= 11 is 0. The number of hydrogen-bond donors (Lipinski definition) is 0. The topological polar surface area (TPSA) is 181 Å². The Labute approximate surface area is 596 Å². The van der Waals surface area contributed by atoms with E-state index >= 15 is 0 Å². The molecule has 4 heterocycles. The molecule has 3 saturated heterocycles. The quantitative estimate of drug-likeness (QED) is 0.0138. The number of rotatable bonds is 27. The number of carbonyl (C=O) groups is 7. The van der Waals surface area contributed by atoms with Crippen molar-refractivity contribution in [3.05, 3.63) is 115 Å². The van der Waals surface area contributed by atoms with Crippen LogP contribution in [-0.4, -0.2) is 247 Å². The second-order valence-corrected chi connectivity index (χ2v) is 29.1. The molecular formula is C78H133N9O12+6. The second-order valence-electron chi connectivity index (χ2n) is 29.1. The van der Waals surface area contributed by atoms with Crippen LogP contribution >= 0.6 is 0 Å². The number of nitrogens with zero attached hydrogens (tertiary/aromatic N) is 9. The lowest BCUT2D eigenvalue weighted by atomic mass is 10.1. The fourth-order valence-electron chi connectivity index (χ4n) is 10.5. The normalized spacial score (nSPS) is 14.7. The molecule has 3 aliphatic rings. The van der Waals surface area contributed by atoms with Crippen LogP contribution in [0.25, 0.3) is 0 Å². The Morgan fingerprint density at radius 1 is 0.545 bits per heavy atom. The standard InChI is InChI=1S/C20H31N2O2.C20H24NO6.C15H29N2O2.C11H19N2O.C7H16NO.C5H14N/c1-4-22(5-2,6-3)16-17-11-13-18(14-12-17)20(24)21-15-9-7-8-10-19(21)23;1-21(2,13-15-24-19(22)26-17-9-5-3-6-10-17)14-16-25-20(23)27-18-11-7-4-8-12-18;1-17(2,3)13-9-5-7-11-15(19)16-12-8-4-6-10-14(16)18;1-3-4-5-6-7-11(14)13-9-8-12(2)10-13;1-3-8(2)4-6-9-7-5-8;1-5-6(2,3)4/h11-14H,4-10,15-16H2,1-3H3;3-12H,13-16H2,1-2H3;4-13H2,1-3H3;8-10H,3-7H2,1-2H3;3-7H2,1-2H3;5H2,1-4H3/q6*+1. The zero-order chi connectivity index (χ0) is 73.8. The molecule has 1 aromatic heterocycles. The summed E-state index contributed by atoms with van der Waals surface area (Å²) in [5.74, 6) is 0.965. The van der Waals surface area contributed by atoms with E-state index in [1.165, 1.54) is 58.9 Å². The lowest BCUT2D eigenvalue weighted by Gasteiger charge is -2.36. The number of morpholine rings is 1. The van der Waals surface area contributed by atoms with Crippen molar-refractivity contribution in [2.75, 3.05) is 168 Å². The number of aromatic nitrogens is 2. The van der Waals surface area contributed by atoms with Crippen LogP contribution in [0.4, 0.5) is 9.59 Å². The SMILES string of the molecule is CCCCCCC(=O)n1cc[n+](C)c1.CC[N+](C)(C)C.CC[N+](CC)(CC)Cc1ccc(C(=O)N2CCCCCC2=O)cc1.CC[N+]1(C)CCOCC1.C[N+](C)(C)CCCCCC(=O)N1CCCCCC1=O.C[N+](C)(CCOC(=O)Oc1ccccc1)CCOC(=O)Oc1ccccc1. The highest BCUT2D eigenvalue weighted by atomic mass is 16.7. The number of likely N-dealkylation sites (tertiary alicyclic amines) is 2. The van der Waals surface area contributed by atoms with Gasteiger partial charge in [-0.15, -0.1) is 0 Å². The van der Waals surface area contributed by atoms with Gasteiger partial charge >= 0.3 is 18.2 Å². The van der Waals surface area contributed by atoms with Gasteiger partial charge in [0.2, 0.25) is 17.7 Å². The minimum atomic E-state index is -0.746. The van der Waals surface area contributed by atoms with Gasteiger partial charge in [-0.2, -0.15) is 4.57 Å². The van der Waals surface area contributed by atoms with Gasteiger partial charge in [0.25, 0.3) is 12.2 Å². The highest BCUT2D eigenvalue weighted by Gasteiger charge is 2.27. The Balaban J connectivity index is 0.000000426. The van der Waals surface area contributed by atoms with E-state index in [0.717, 1.165) is 130 Å². The van der Waals surface area contributed by atoms with Crippen LogP contribution in [-0.2, 0) is 42.2 Å². The van der Waals surface area contributed by atoms with E-state index in [4.69, 9.17) is 23.7 Å². The molecule has 0 saturated carbocycles. The molecule has 0 N–H and O–H groups in total. The van der Waals surface area contributed by atoms with Crippen molar-refractivity contribution in [1.29, 1.82) is 0 Å². The van der Waals surface area contributed by atoms with Crippen molar-refractivity contribution in [3.63, 3.8) is 0 Å². The molecule has 21 nitrogen and oxygen atoms in total. The Hall–Kier alpha value is -6.88. The van der Waals surface area contributed by atoms with Crippen LogP contribution in [0.15, 0.2) is 104 Å². The van der Waals surface area contributed by atoms with Crippen molar-refractivity contribution >= 4 is 41.8 Å². The largest absolute Gasteiger partial charge is 0.514 e. The first kappa shape index (κ1) is 88.2. The van der Waals surface area contributed by atoms with Crippen molar-refractivity contribution in [1.82, 2.24) is 14.4 Å². The summed E-state index contributed by atoms with van der Waals surface area (Å²) < 4.78 is 33.8. The highest BCUT2D eigenvalue weighted by Crippen LogP contribution is 2.20. The average Bonchev–Trinajstić information content (AvgIpc) is 1.16. The van der Waals surface area contributed by atoms with Gasteiger partial charge in [-0.05, 0) is 122 Å². The molecule has 4 amide bonds. The van der Waals surface area contributed by atoms with Gasteiger partial charge in [-0.1, -0.05) is 87.6 Å². The molecular weight excluding hydrogens is 1250 g/mol. The number of unbranched alkanes of at least 4 members (excludes halogenated alkanes) is 5. The first-order valence-corrected chi connectivity index (χ1v) is 36.8. The average molecular weight is 1390 g/mol. The first-order chi connectivity index (χ1) is 47.0. The van der Waals surface area contributed by atoms with Crippen LogP contribution in [0.3, 0.4) is 0 Å². The number of carbonyl (C=O) groups excluding carboxylic acids is 7. The number of ether oxygens (including phenoxy) is 5. The lowest BCUT2D eigenvalue weighted by molar-refractivity contribution is -0.936. The summed E-state index contributed by atoms with van der Waals surface area (Å²) in [6.45, 7) is 28.1. The Morgan fingerprint density at radius 3 is 1.45 bits per heavy atom. The number of benzene rings is 3. The predicted molar refractivity (Wildman–Crippen MR) is 393 cm³/mol. The van der Waals surface area contributed by atoms with E-state index < -0.39 is 12.3 Å². The third kappa shape index (κ3) is 39.6. The minimum absolute atomic E-state index is 0.0276. The number of imide groups is 2. The molecule has 3 aromatic carbocycles. The van der Waals surface area contributed by atoms with Crippen LogP contribution in [0.5, 0.6) is 11.5 Å². The second kappa shape index (κ2) is 48.0. The van der Waals surface area contributed by atoms with Crippen LogP contribution < -0.4 is 14.0 Å². The monoisotopic (exact) mass is 1390 g/mol. The van der Waals surface area contributed by atoms with Crippen LogP contribution in [0.2, 0.25) is 0 Å². The zero-order valence-corrected chi connectivity index (χ0v) is 64.3. The van der Waals surface area contributed by atoms with E-state index in [1.54, 1.807) is 53.1 Å². The maximum absolute atomic E-state index is 12.6. The van der Waals surface area contributed by atoms with Crippen LogP contribution in [0, 0.1) is 0 Å². The molecule has 0 aliphatic carbocycles. The van der Waals surface area contributed by atoms with E-state index in [9.17, 15) is 33.6 Å². The van der Waals surface area contributed by atoms with Crippen molar-refractivity contribution < 1.29 is 84.2 Å². The van der Waals surface area contributed by atoms with Crippen LogP contribution in [0.1, 0.15) is 171 Å². The fraction of sp³-hybridized carbons (Fsp3) is 0.641. The summed E-state index contributed by atoms with van der Waals surface area (Å²) in [4.78, 5) is 86.3. The molecule has 556 valence electrons. The number of para-hydroxylation sites is 2. The van der Waals surface area contributed by atoms with E-state index in [-0.39, 0.29) is 42.7 Å². The molecule has 0 unspecified atom stereocenters. The zero-order valence-electron chi connectivity index (χ0n) is 64.3. The van der Waals surface area contributed by atoms with E-state index in [2.05, 4.69) is 90.9 Å². The van der Waals surface area contributed by atoms with E-state index in [0.29, 0.717) is 73.4 Å². The molecule has 0 radical (unpaired) electrons. The maximum Gasteiger partial charge on any atom is 0.514 e. The number of aryl methyl sites for hydroxylation is 1. The lowest BCUT2D eigenvalue weighted by Crippen LogP contribution is -2.51. The number of hydrogen-bond acceptors (Lipinski definition) is 12. The summed E-state index contributed by atoms with van der Waals surface area (Å²) in [5, 5.41) is 0. The molecule has 0 bridgehead atoms. The molecule has 0 spiro atoms.